The van der Waals surface area contributed by atoms with Crippen molar-refractivity contribution in [3.8, 4) is 0 Å². The van der Waals surface area contributed by atoms with Crippen LogP contribution in [0.3, 0.4) is 0 Å². The molecule has 8 rings (SSSR count). The lowest BCUT2D eigenvalue weighted by atomic mass is 9.38. The first kappa shape index (κ1) is 18.5. The second-order valence-corrected chi connectivity index (χ2v) is 12.4. The SMILES string of the molecule is O=C(N[C@H]1CN2CCC3CC312)C12CC3C[C@](CCCl)(C1)C[C@@](c1ccccc1)(C3)C2. The summed E-state index contributed by atoms with van der Waals surface area (Å²) in [6, 6.07) is 11.5. The third kappa shape index (κ3) is 2.24. The number of halogens is 1. The molecule has 30 heavy (non-hydrogen) atoms. The zero-order chi connectivity index (χ0) is 20.2. The third-order valence-electron chi connectivity index (χ3n) is 10.4. The highest BCUT2D eigenvalue weighted by Crippen LogP contribution is 2.71. The maximum Gasteiger partial charge on any atom is 0.226 e. The van der Waals surface area contributed by atoms with Gasteiger partial charge in [-0.3, -0.25) is 9.69 Å². The molecule has 1 aromatic carbocycles. The largest absolute Gasteiger partial charge is 0.350 e. The van der Waals surface area contributed by atoms with Crippen LogP contribution in [-0.2, 0) is 10.2 Å². The maximum atomic E-state index is 14.0. The van der Waals surface area contributed by atoms with Crippen LogP contribution in [0.25, 0.3) is 0 Å². The van der Waals surface area contributed by atoms with E-state index in [-0.39, 0.29) is 16.2 Å². The predicted octanol–water partition coefficient (Wildman–Crippen LogP) is 4.49. The van der Waals surface area contributed by atoms with E-state index in [0.717, 1.165) is 44.0 Å². The van der Waals surface area contributed by atoms with E-state index in [2.05, 4.69) is 40.5 Å². The summed E-state index contributed by atoms with van der Waals surface area (Å²) in [5.41, 5.74) is 2.08. The van der Waals surface area contributed by atoms with Crippen LogP contribution in [0.15, 0.2) is 30.3 Å². The number of benzene rings is 1. The topological polar surface area (TPSA) is 32.3 Å². The Morgan fingerprint density at radius 1 is 1.10 bits per heavy atom. The molecule has 0 radical (unpaired) electrons. The maximum absolute atomic E-state index is 14.0. The molecule has 4 heteroatoms. The van der Waals surface area contributed by atoms with Gasteiger partial charge in [-0.2, -0.15) is 0 Å². The number of hydrogen-bond donors (Lipinski definition) is 1. The van der Waals surface area contributed by atoms with E-state index in [1.807, 2.05) is 0 Å². The second-order valence-electron chi connectivity index (χ2n) is 12.0. The van der Waals surface area contributed by atoms with Gasteiger partial charge in [-0.25, -0.2) is 0 Å². The van der Waals surface area contributed by atoms with Crippen LogP contribution in [0.2, 0.25) is 0 Å². The van der Waals surface area contributed by atoms with Crippen LogP contribution in [0.5, 0.6) is 0 Å². The van der Waals surface area contributed by atoms with Crippen LogP contribution in [-0.4, -0.2) is 41.4 Å². The fraction of sp³-hybridized carbons (Fsp3) is 0.731. The standard InChI is InChI=1S/C26H33ClN2O/c27-8-7-23-10-18-11-24(15-23,19-4-2-1-3-5-19)17-25(12-18,16-23)22(30)28-21-14-29-9-6-20-13-26(20,21)29/h1-5,18,20-21H,6-17H2,(H,28,30)/t18?,20?,21-,23-,24-,25?,26?/m0/s1. The Labute approximate surface area is 184 Å². The minimum atomic E-state index is -0.179. The van der Waals surface area contributed by atoms with Crippen molar-refractivity contribution in [3.05, 3.63) is 35.9 Å². The van der Waals surface area contributed by atoms with E-state index in [1.54, 1.807) is 0 Å². The third-order valence-corrected chi connectivity index (χ3v) is 10.6. The smallest absolute Gasteiger partial charge is 0.226 e. The fourth-order valence-corrected chi connectivity index (χ4v) is 10.1. The minimum absolute atomic E-state index is 0.170. The molecular weight excluding hydrogens is 392 g/mol. The van der Waals surface area contributed by atoms with Crippen molar-refractivity contribution >= 4 is 17.5 Å². The molecule has 4 bridgehead atoms. The molecule has 7 atom stereocenters. The molecule has 2 saturated heterocycles. The van der Waals surface area contributed by atoms with Crippen molar-refractivity contribution in [3.63, 3.8) is 0 Å². The van der Waals surface area contributed by atoms with Gasteiger partial charge in [0.05, 0.1) is 11.5 Å². The van der Waals surface area contributed by atoms with E-state index in [9.17, 15) is 4.79 Å². The molecular formula is C26H33ClN2O. The quantitative estimate of drug-likeness (QED) is 0.706. The van der Waals surface area contributed by atoms with E-state index in [0.29, 0.717) is 23.4 Å². The highest BCUT2D eigenvalue weighted by Gasteiger charge is 2.73. The fourth-order valence-electron chi connectivity index (χ4n) is 9.74. The Hall–Kier alpha value is -1.06. The molecule has 1 amide bonds. The number of nitrogens with zero attached hydrogens (tertiary/aromatic N) is 1. The van der Waals surface area contributed by atoms with Gasteiger partial charge in [0.15, 0.2) is 0 Å². The summed E-state index contributed by atoms with van der Waals surface area (Å²) in [6.07, 6.45) is 10.7. The molecule has 1 aromatic rings. The van der Waals surface area contributed by atoms with Crippen LogP contribution in [0.1, 0.15) is 63.4 Å². The number of alkyl halides is 1. The summed E-state index contributed by atoms with van der Waals surface area (Å²) in [5, 5.41) is 3.64. The van der Waals surface area contributed by atoms with Crippen molar-refractivity contribution in [2.45, 2.75) is 74.8 Å². The number of nitrogens with one attached hydrogen (secondary N) is 1. The van der Waals surface area contributed by atoms with Crippen LogP contribution < -0.4 is 5.32 Å². The molecule has 1 N–H and O–H groups in total. The number of amides is 1. The first-order valence-corrected chi connectivity index (χ1v) is 12.7. The molecule has 7 aliphatic rings. The van der Waals surface area contributed by atoms with Gasteiger partial charge in [-0.05, 0) is 92.6 Å². The summed E-state index contributed by atoms with van der Waals surface area (Å²) in [4.78, 5) is 16.6. The number of hydrogen-bond acceptors (Lipinski definition) is 2. The number of rotatable bonds is 5. The van der Waals surface area contributed by atoms with Gasteiger partial charge in [0.25, 0.3) is 0 Å². The number of carbonyl (C=O) groups is 1. The zero-order valence-corrected chi connectivity index (χ0v) is 18.6. The average Bonchev–Trinajstić information content (AvgIpc) is 3.41. The molecule has 160 valence electrons. The van der Waals surface area contributed by atoms with Crippen molar-refractivity contribution in [2.24, 2.45) is 22.7 Å². The monoisotopic (exact) mass is 424 g/mol. The number of carbonyl (C=O) groups excluding carboxylic acids is 1. The average molecular weight is 425 g/mol. The van der Waals surface area contributed by atoms with Crippen LogP contribution in [0, 0.1) is 22.7 Å². The van der Waals surface area contributed by atoms with Crippen LogP contribution >= 0.6 is 11.6 Å². The summed E-state index contributed by atoms with van der Waals surface area (Å²) in [7, 11) is 0. The van der Waals surface area contributed by atoms with Crippen molar-refractivity contribution in [1.82, 2.24) is 10.2 Å². The lowest BCUT2D eigenvalue weighted by Gasteiger charge is -2.66. The van der Waals surface area contributed by atoms with Gasteiger partial charge in [-0.15, -0.1) is 11.6 Å². The molecule has 2 aliphatic heterocycles. The summed E-state index contributed by atoms with van der Waals surface area (Å²) >= 11 is 6.35. The van der Waals surface area contributed by atoms with E-state index >= 15 is 0 Å². The van der Waals surface area contributed by atoms with E-state index < -0.39 is 0 Å². The van der Waals surface area contributed by atoms with Gasteiger partial charge < -0.3 is 5.32 Å². The first-order chi connectivity index (χ1) is 14.5. The lowest BCUT2D eigenvalue weighted by molar-refractivity contribution is -0.165. The summed E-state index contributed by atoms with van der Waals surface area (Å²) in [6.45, 7) is 2.33. The van der Waals surface area contributed by atoms with Gasteiger partial charge in [0.1, 0.15) is 0 Å². The molecule has 3 nitrogen and oxygen atoms in total. The molecule has 5 saturated carbocycles. The predicted molar refractivity (Wildman–Crippen MR) is 118 cm³/mol. The van der Waals surface area contributed by atoms with Gasteiger partial charge >= 0.3 is 0 Å². The second kappa shape index (κ2) is 5.84. The lowest BCUT2D eigenvalue weighted by Crippen LogP contribution is -2.70. The molecule has 7 fully saturated rings. The van der Waals surface area contributed by atoms with Crippen molar-refractivity contribution < 1.29 is 4.79 Å². The van der Waals surface area contributed by atoms with Gasteiger partial charge in [0, 0.05) is 18.0 Å². The molecule has 5 aliphatic carbocycles. The van der Waals surface area contributed by atoms with Gasteiger partial charge in [-0.1, -0.05) is 30.3 Å². The molecule has 2 heterocycles. The first-order valence-electron chi connectivity index (χ1n) is 12.2. The minimum Gasteiger partial charge on any atom is -0.350 e. The zero-order valence-electron chi connectivity index (χ0n) is 17.8. The Balaban J connectivity index is 1.23. The highest BCUT2D eigenvalue weighted by molar-refractivity contribution is 6.17. The summed E-state index contributed by atoms with van der Waals surface area (Å²) < 4.78 is 0. The number of piperidine rings is 1. The Kier molecular flexibility index (Phi) is 3.60. The van der Waals surface area contributed by atoms with E-state index in [1.165, 1.54) is 44.2 Å². The molecule has 0 aromatic heterocycles. The van der Waals surface area contributed by atoms with E-state index in [4.69, 9.17) is 11.6 Å². The van der Waals surface area contributed by atoms with Crippen molar-refractivity contribution in [2.75, 3.05) is 19.0 Å². The Morgan fingerprint density at radius 2 is 1.97 bits per heavy atom. The molecule has 1 spiro atoms. The van der Waals surface area contributed by atoms with Crippen LogP contribution in [0.4, 0.5) is 0 Å². The molecule has 4 unspecified atom stereocenters. The highest BCUT2D eigenvalue weighted by atomic mass is 35.5. The van der Waals surface area contributed by atoms with Gasteiger partial charge in [0.2, 0.25) is 5.91 Å². The van der Waals surface area contributed by atoms with Crippen molar-refractivity contribution in [1.29, 1.82) is 0 Å². The Morgan fingerprint density at radius 3 is 2.73 bits per heavy atom. The Bertz CT molecular complexity index is 906. The normalized spacial score (nSPS) is 50.0. The summed E-state index contributed by atoms with van der Waals surface area (Å²) in [5.74, 6) is 2.64.